The van der Waals surface area contributed by atoms with E-state index < -0.39 is 0 Å². The summed E-state index contributed by atoms with van der Waals surface area (Å²) in [5, 5.41) is 4.67. The van der Waals surface area contributed by atoms with Gasteiger partial charge in [0.1, 0.15) is 0 Å². The zero-order valence-corrected chi connectivity index (χ0v) is 11.3. The lowest BCUT2D eigenvalue weighted by atomic mass is 9.97. The molecule has 0 spiro atoms. The highest BCUT2D eigenvalue weighted by Crippen LogP contribution is 2.27. The summed E-state index contributed by atoms with van der Waals surface area (Å²) >= 11 is 0. The first-order valence-electron chi connectivity index (χ1n) is 6.15. The minimum absolute atomic E-state index is 0.926. The van der Waals surface area contributed by atoms with Crippen LogP contribution >= 0.6 is 0 Å². The number of benzene rings is 1. The van der Waals surface area contributed by atoms with Crippen molar-refractivity contribution in [3.63, 3.8) is 0 Å². The van der Waals surface area contributed by atoms with Crippen molar-refractivity contribution in [2.75, 3.05) is 0 Å². The molecule has 0 aliphatic carbocycles. The average molecular weight is 228 g/mol. The first-order chi connectivity index (χ1) is 8.02. The van der Waals surface area contributed by atoms with Crippen LogP contribution in [0.5, 0.6) is 0 Å². The first kappa shape index (κ1) is 11.9. The molecule has 1 heterocycles. The van der Waals surface area contributed by atoms with E-state index in [1.54, 1.807) is 0 Å². The Balaban J connectivity index is 2.60. The minimum Gasteiger partial charge on any atom is -0.270 e. The van der Waals surface area contributed by atoms with E-state index >= 15 is 0 Å². The van der Waals surface area contributed by atoms with Crippen LogP contribution in [0.2, 0.25) is 0 Å². The van der Waals surface area contributed by atoms with E-state index in [-0.39, 0.29) is 0 Å². The second-order valence-corrected chi connectivity index (χ2v) is 4.76. The minimum atomic E-state index is 0.926. The number of aromatic nitrogens is 2. The highest BCUT2D eigenvalue weighted by atomic mass is 15.3. The molecule has 1 aromatic carbocycles. The molecule has 0 amide bonds. The van der Waals surface area contributed by atoms with E-state index in [9.17, 15) is 0 Å². The summed E-state index contributed by atoms with van der Waals surface area (Å²) in [5.41, 5.74) is 7.54. The quantitative estimate of drug-likeness (QED) is 0.764. The summed E-state index contributed by atoms with van der Waals surface area (Å²) in [5.74, 6) is 0. The lowest BCUT2D eigenvalue weighted by Crippen LogP contribution is -1.99. The van der Waals surface area contributed by atoms with Crippen molar-refractivity contribution >= 4 is 0 Å². The summed E-state index contributed by atoms with van der Waals surface area (Å²) in [6.07, 6.45) is 0. The Morgan fingerprint density at radius 3 is 2.06 bits per heavy atom. The molecular weight excluding hydrogens is 208 g/mol. The van der Waals surface area contributed by atoms with Gasteiger partial charge in [0.2, 0.25) is 0 Å². The van der Waals surface area contributed by atoms with Crippen molar-refractivity contribution in [2.45, 2.75) is 41.2 Å². The molecule has 0 aliphatic heterocycles. The zero-order chi connectivity index (χ0) is 12.6. The number of hydrogen-bond donors (Lipinski definition) is 0. The third-order valence-electron chi connectivity index (χ3n) is 3.21. The van der Waals surface area contributed by atoms with Crippen molar-refractivity contribution < 1.29 is 0 Å². The standard InChI is InChI=1S/C15H20N2/c1-6-17-13(5)9-14(16-17)15-11(3)7-10(2)8-12(15)4/h7-9H,6H2,1-5H3. The monoisotopic (exact) mass is 228 g/mol. The molecule has 17 heavy (non-hydrogen) atoms. The van der Waals surface area contributed by atoms with Crippen molar-refractivity contribution in [2.24, 2.45) is 0 Å². The number of nitrogens with zero attached hydrogens (tertiary/aromatic N) is 2. The van der Waals surface area contributed by atoms with Crippen LogP contribution in [-0.2, 0) is 6.54 Å². The second kappa shape index (κ2) is 4.36. The number of aryl methyl sites for hydroxylation is 5. The number of rotatable bonds is 2. The Morgan fingerprint density at radius 1 is 1.00 bits per heavy atom. The van der Waals surface area contributed by atoms with Crippen LogP contribution in [0.3, 0.4) is 0 Å². The SMILES string of the molecule is CCn1nc(-c2c(C)cc(C)cc2C)cc1C. The van der Waals surface area contributed by atoms with E-state index in [2.05, 4.69) is 57.9 Å². The van der Waals surface area contributed by atoms with Gasteiger partial charge in [-0.3, -0.25) is 4.68 Å². The van der Waals surface area contributed by atoms with Gasteiger partial charge in [-0.25, -0.2) is 0 Å². The van der Waals surface area contributed by atoms with Gasteiger partial charge in [0.25, 0.3) is 0 Å². The lowest BCUT2D eigenvalue weighted by Gasteiger charge is -2.08. The van der Waals surface area contributed by atoms with Gasteiger partial charge in [0, 0.05) is 17.8 Å². The molecule has 0 bridgehead atoms. The van der Waals surface area contributed by atoms with Crippen molar-refractivity contribution in [3.8, 4) is 11.3 Å². The van der Waals surface area contributed by atoms with Crippen LogP contribution in [0.1, 0.15) is 29.3 Å². The van der Waals surface area contributed by atoms with Gasteiger partial charge in [0.05, 0.1) is 5.69 Å². The predicted octanol–water partition coefficient (Wildman–Crippen LogP) is 3.80. The molecule has 1 aromatic heterocycles. The van der Waals surface area contributed by atoms with Gasteiger partial charge < -0.3 is 0 Å². The molecule has 2 rings (SSSR count). The zero-order valence-electron chi connectivity index (χ0n) is 11.3. The summed E-state index contributed by atoms with van der Waals surface area (Å²) in [4.78, 5) is 0. The maximum absolute atomic E-state index is 4.67. The van der Waals surface area contributed by atoms with E-state index in [1.165, 1.54) is 27.9 Å². The fraction of sp³-hybridized carbons (Fsp3) is 0.400. The molecule has 0 N–H and O–H groups in total. The van der Waals surface area contributed by atoms with E-state index in [4.69, 9.17) is 0 Å². The molecule has 2 aromatic rings. The van der Waals surface area contributed by atoms with Crippen molar-refractivity contribution in [1.82, 2.24) is 9.78 Å². The van der Waals surface area contributed by atoms with Crippen molar-refractivity contribution in [1.29, 1.82) is 0 Å². The van der Waals surface area contributed by atoms with Crippen LogP contribution in [0.25, 0.3) is 11.3 Å². The highest BCUT2D eigenvalue weighted by Gasteiger charge is 2.11. The molecule has 2 heteroatoms. The topological polar surface area (TPSA) is 17.8 Å². The fourth-order valence-corrected chi connectivity index (χ4v) is 2.54. The Morgan fingerprint density at radius 2 is 1.59 bits per heavy atom. The average Bonchev–Trinajstić information content (AvgIpc) is 2.57. The first-order valence-corrected chi connectivity index (χ1v) is 6.15. The van der Waals surface area contributed by atoms with E-state index in [0.29, 0.717) is 0 Å². The van der Waals surface area contributed by atoms with Crippen LogP contribution in [0.4, 0.5) is 0 Å². The molecule has 90 valence electrons. The molecule has 2 nitrogen and oxygen atoms in total. The van der Waals surface area contributed by atoms with Crippen LogP contribution in [0, 0.1) is 27.7 Å². The van der Waals surface area contributed by atoms with Gasteiger partial charge in [-0.05, 0) is 51.8 Å². The van der Waals surface area contributed by atoms with E-state index in [0.717, 1.165) is 12.2 Å². The molecular formula is C15H20N2. The smallest absolute Gasteiger partial charge is 0.0931 e. The maximum Gasteiger partial charge on any atom is 0.0931 e. The van der Waals surface area contributed by atoms with E-state index in [1.807, 2.05) is 4.68 Å². The normalized spacial score (nSPS) is 10.9. The van der Waals surface area contributed by atoms with Gasteiger partial charge in [-0.2, -0.15) is 5.10 Å². The largest absolute Gasteiger partial charge is 0.270 e. The molecule has 0 saturated heterocycles. The van der Waals surface area contributed by atoms with Crippen LogP contribution in [0.15, 0.2) is 18.2 Å². The Kier molecular flexibility index (Phi) is 3.05. The molecule has 0 aliphatic rings. The molecule has 0 radical (unpaired) electrons. The Hall–Kier alpha value is -1.57. The Bertz CT molecular complexity index is 527. The molecule has 0 saturated carbocycles. The molecule has 0 atom stereocenters. The van der Waals surface area contributed by atoms with Crippen molar-refractivity contribution in [3.05, 3.63) is 40.6 Å². The highest BCUT2D eigenvalue weighted by molar-refractivity contribution is 5.68. The van der Waals surface area contributed by atoms with Gasteiger partial charge in [0.15, 0.2) is 0 Å². The lowest BCUT2D eigenvalue weighted by molar-refractivity contribution is 0.641. The van der Waals surface area contributed by atoms with Crippen LogP contribution in [-0.4, -0.2) is 9.78 Å². The summed E-state index contributed by atoms with van der Waals surface area (Å²) in [7, 11) is 0. The fourth-order valence-electron chi connectivity index (χ4n) is 2.54. The molecule has 0 unspecified atom stereocenters. The summed E-state index contributed by atoms with van der Waals surface area (Å²) in [6, 6.07) is 6.62. The maximum atomic E-state index is 4.67. The summed E-state index contributed by atoms with van der Waals surface area (Å²) < 4.78 is 2.05. The number of hydrogen-bond acceptors (Lipinski definition) is 1. The summed E-state index contributed by atoms with van der Waals surface area (Å²) in [6.45, 7) is 11.6. The van der Waals surface area contributed by atoms with Crippen LogP contribution < -0.4 is 0 Å². The second-order valence-electron chi connectivity index (χ2n) is 4.76. The third-order valence-corrected chi connectivity index (χ3v) is 3.21. The van der Waals surface area contributed by atoms with Gasteiger partial charge >= 0.3 is 0 Å². The Labute approximate surface area is 103 Å². The third kappa shape index (κ3) is 2.12. The van der Waals surface area contributed by atoms with Gasteiger partial charge in [-0.1, -0.05) is 17.7 Å². The van der Waals surface area contributed by atoms with Gasteiger partial charge in [-0.15, -0.1) is 0 Å². The predicted molar refractivity (Wildman–Crippen MR) is 72.3 cm³/mol. The molecule has 0 fully saturated rings.